The van der Waals surface area contributed by atoms with Crippen LogP contribution in [0, 0.1) is 17.0 Å². The predicted molar refractivity (Wildman–Crippen MR) is 87.3 cm³/mol. The molecule has 27 heavy (non-hydrogen) atoms. The van der Waals surface area contributed by atoms with E-state index in [0.29, 0.717) is 11.0 Å². The number of urea groups is 1. The molecule has 0 aliphatic heterocycles. The Labute approximate surface area is 150 Å². The van der Waals surface area contributed by atoms with Crippen LogP contribution in [0.1, 0.15) is 17.0 Å². The van der Waals surface area contributed by atoms with Crippen molar-refractivity contribution in [2.24, 2.45) is 5.73 Å². The number of nitro groups is 1. The number of rotatable bonds is 5. The van der Waals surface area contributed by atoms with E-state index in [0.717, 1.165) is 6.07 Å². The van der Waals surface area contributed by atoms with Crippen LogP contribution in [0.4, 0.5) is 35.3 Å². The van der Waals surface area contributed by atoms with Gasteiger partial charge in [0.1, 0.15) is 11.4 Å². The molecule has 0 atom stereocenters. The topological polar surface area (TPSA) is 124 Å². The zero-order valence-electron chi connectivity index (χ0n) is 14.1. The fourth-order valence-electron chi connectivity index (χ4n) is 2.34. The first-order chi connectivity index (χ1) is 12.6. The number of nitro benzene ring substituents is 1. The Bertz CT molecular complexity index is 888. The third-order valence-electron chi connectivity index (χ3n) is 3.41. The van der Waals surface area contributed by atoms with Gasteiger partial charge in [-0.25, -0.2) is 19.7 Å². The molecule has 0 radical (unpaired) electrons. The van der Waals surface area contributed by atoms with Crippen LogP contribution in [0.3, 0.4) is 0 Å². The minimum Gasteiger partial charge on any atom is -0.378 e. The number of alkyl halides is 3. The van der Waals surface area contributed by atoms with E-state index in [1.54, 1.807) is 0 Å². The van der Waals surface area contributed by atoms with Crippen LogP contribution in [0.15, 0.2) is 24.3 Å². The molecule has 2 aromatic rings. The summed E-state index contributed by atoms with van der Waals surface area (Å²) in [4.78, 5) is 30.2. The van der Waals surface area contributed by atoms with E-state index in [4.69, 9.17) is 10.5 Å². The lowest BCUT2D eigenvalue weighted by Crippen LogP contribution is -2.34. The molecule has 144 valence electrons. The van der Waals surface area contributed by atoms with Crippen molar-refractivity contribution < 1.29 is 27.6 Å². The molecular formula is C15H14F3N5O4. The van der Waals surface area contributed by atoms with Gasteiger partial charge in [-0.05, 0) is 18.6 Å². The second-order valence-corrected chi connectivity index (χ2v) is 5.35. The fourth-order valence-corrected chi connectivity index (χ4v) is 2.34. The molecule has 0 unspecified atom stereocenters. The molecule has 1 aromatic carbocycles. The highest BCUT2D eigenvalue weighted by Crippen LogP contribution is 2.36. The molecule has 0 saturated carbocycles. The van der Waals surface area contributed by atoms with Gasteiger partial charge >= 0.3 is 12.2 Å². The van der Waals surface area contributed by atoms with Crippen molar-refractivity contribution in [1.29, 1.82) is 0 Å². The van der Waals surface area contributed by atoms with Gasteiger partial charge in [0.05, 0.1) is 17.2 Å². The lowest BCUT2D eigenvalue weighted by molar-refractivity contribution is -0.384. The summed E-state index contributed by atoms with van der Waals surface area (Å²) in [5.41, 5.74) is 3.12. The molecule has 0 aliphatic carbocycles. The van der Waals surface area contributed by atoms with E-state index < -0.39 is 34.5 Å². The number of amides is 2. The average molecular weight is 385 g/mol. The third kappa shape index (κ3) is 4.28. The van der Waals surface area contributed by atoms with Crippen LogP contribution in [0.5, 0.6) is 0 Å². The number of methoxy groups -OCH3 is 1. The molecule has 1 aromatic heterocycles. The van der Waals surface area contributed by atoms with E-state index in [1.165, 1.54) is 26.2 Å². The molecule has 0 saturated heterocycles. The summed E-state index contributed by atoms with van der Waals surface area (Å²) in [7, 11) is 1.24. The van der Waals surface area contributed by atoms with Gasteiger partial charge in [0.2, 0.25) is 5.95 Å². The number of ether oxygens (including phenoxy) is 1. The molecule has 1 heterocycles. The number of nitrogens with two attached hydrogens (primary N) is 1. The normalized spacial score (nSPS) is 11.3. The molecule has 0 aliphatic rings. The zero-order valence-corrected chi connectivity index (χ0v) is 14.1. The number of aryl methyl sites for hydroxylation is 1. The quantitative estimate of drug-likeness (QED) is 0.623. The SMILES string of the molecule is COCc1cc(C(F)(F)F)nc(N(C(N)=O)c2c(C)cccc2[N+](=O)[O-])n1. The smallest absolute Gasteiger partial charge is 0.378 e. The number of halogens is 3. The standard InChI is InChI=1S/C15H14F3N5O4/c1-8-4-3-5-10(23(25)26)12(8)22(13(19)24)14-20-9(7-27-2)6-11(21-14)15(16,17)18/h3-6H,7H2,1-2H3,(H2,19,24). The minimum absolute atomic E-state index is 0.183. The van der Waals surface area contributed by atoms with Crippen LogP contribution >= 0.6 is 0 Å². The van der Waals surface area contributed by atoms with E-state index in [-0.39, 0.29) is 23.6 Å². The van der Waals surface area contributed by atoms with E-state index in [1.807, 2.05) is 0 Å². The fraction of sp³-hybridized carbons (Fsp3) is 0.267. The van der Waals surface area contributed by atoms with E-state index in [2.05, 4.69) is 9.97 Å². The Morgan fingerprint density at radius 1 is 1.37 bits per heavy atom. The zero-order chi connectivity index (χ0) is 20.4. The highest BCUT2D eigenvalue weighted by Gasteiger charge is 2.36. The number of para-hydroxylation sites is 1. The predicted octanol–water partition coefficient (Wildman–Crippen LogP) is 3.08. The van der Waals surface area contributed by atoms with Crippen molar-refractivity contribution in [1.82, 2.24) is 9.97 Å². The number of anilines is 2. The lowest BCUT2D eigenvalue weighted by atomic mass is 10.1. The first-order valence-electron chi connectivity index (χ1n) is 7.34. The van der Waals surface area contributed by atoms with Crippen molar-refractivity contribution in [3.63, 3.8) is 0 Å². The summed E-state index contributed by atoms with van der Waals surface area (Å²) in [6, 6.07) is 3.25. The van der Waals surface area contributed by atoms with Crippen molar-refractivity contribution in [3.8, 4) is 0 Å². The van der Waals surface area contributed by atoms with Crippen molar-refractivity contribution in [2.75, 3.05) is 12.0 Å². The lowest BCUT2D eigenvalue weighted by Gasteiger charge is -2.21. The molecule has 9 nitrogen and oxygen atoms in total. The van der Waals surface area contributed by atoms with Gasteiger partial charge in [0.15, 0.2) is 0 Å². The molecule has 2 N–H and O–H groups in total. The summed E-state index contributed by atoms with van der Waals surface area (Å²) < 4.78 is 44.3. The Kier molecular flexibility index (Phi) is 5.59. The molecule has 0 bridgehead atoms. The van der Waals surface area contributed by atoms with Crippen LogP contribution in [0.2, 0.25) is 0 Å². The van der Waals surface area contributed by atoms with Crippen LogP contribution < -0.4 is 10.6 Å². The Balaban J connectivity index is 2.77. The van der Waals surface area contributed by atoms with Crippen LogP contribution in [0.25, 0.3) is 0 Å². The summed E-state index contributed by atoms with van der Waals surface area (Å²) in [6.45, 7) is 1.13. The van der Waals surface area contributed by atoms with Gasteiger partial charge in [0, 0.05) is 13.2 Å². The molecule has 2 rings (SSSR count). The van der Waals surface area contributed by atoms with Gasteiger partial charge < -0.3 is 10.5 Å². The monoisotopic (exact) mass is 385 g/mol. The van der Waals surface area contributed by atoms with Crippen LogP contribution in [-0.4, -0.2) is 28.0 Å². The maximum Gasteiger partial charge on any atom is 0.433 e. The number of benzene rings is 1. The van der Waals surface area contributed by atoms with Gasteiger partial charge in [-0.3, -0.25) is 10.1 Å². The van der Waals surface area contributed by atoms with Crippen molar-refractivity contribution in [3.05, 3.63) is 51.3 Å². The Morgan fingerprint density at radius 2 is 2.04 bits per heavy atom. The maximum atomic E-state index is 13.2. The first-order valence-corrected chi connectivity index (χ1v) is 7.34. The minimum atomic E-state index is -4.85. The Hall–Kier alpha value is -3.28. The summed E-state index contributed by atoms with van der Waals surface area (Å²) in [5, 5.41) is 11.3. The van der Waals surface area contributed by atoms with Gasteiger partial charge in [0.25, 0.3) is 5.69 Å². The van der Waals surface area contributed by atoms with Crippen LogP contribution in [-0.2, 0) is 17.5 Å². The summed E-state index contributed by atoms with van der Waals surface area (Å²) in [5.74, 6) is -0.748. The number of carbonyl (C=O) groups is 1. The third-order valence-corrected chi connectivity index (χ3v) is 3.41. The molecule has 2 amide bonds. The number of primary amides is 1. The number of hydrogen-bond acceptors (Lipinski definition) is 6. The molecule has 0 spiro atoms. The largest absolute Gasteiger partial charge is 0.433 e. The van der Waals surface area contributed by atoms with Crippen molar-refractivity contribution in [2.45, 2.75) is 19.7 Å². The molecule has 12 heteroatoms. The summed E-state index contributed by atoms with van der Waals surface area (Å²) in [6.07, 6.45) is -4.85. The number of aromatic nitrogens is 2. The van der Waals surface area contributed by atoms with Gasteiger partial charge in [-0.1, -0.05) is 12.1 Å². The van der Waals surface area contributed by atoms with E-state index >= 15 is 0 Å². The van der Waals surface area contributed by atoms with Gasteiger partial charge in [-0.15, -0.1) is 0 Å². The van der Waals surface area contributed by atoms with Gasteiger partial charge in [-0.2, -0.15) is 13.2 Å². The average Bonchev–Trinajstić information content (AvgIpc) is 2.55. The number of carbonyl (C=O) groups excluding carboxylic acids is 1. The maximum absolute atomic E-state index is 13.2. The molecular weight excluding hydrogens is 371 g/mol. The first kappa shape index (κ1) is 20.0. The van der Waals surface area contributed by atoms with E-state index in [9.17, 15) is 28.1 Å². The molecule has 0 fully saturated rings. The second-order valence-electron chi connectivity index (χ2n) is 5.35. The highest BCUT2D eigenvalue weighted by atomic mass is 19.4. The Morgan fingerprint density at radius 3 is 2.56 bits per heavy atom. The number of nitrogens with zero attached hydrogens (tertiary/aromatic N) is 4. The van der Waals surface area contributed by atoms with Crippen molar-refractivity contribution >= 4 is 23.4 Å². The second kappa shape index (κ2) is 7.53. The highest BCUT2D eigenvalue weighted by molar-refractivity contribution is 5.99. The summed E-state index contributed by atoms with van der Waals surface area (Å²) >= 11 is 0. The number of hydrogen-bond donors (Lipinski definition) is 1.